The molecule has 0 unspecified atom stereocenters. The molecule has 0 aliphatic rings. The number of methoxy groups -OCH3 is 2. The largest absolute Gasteiger partial charge is 0.497 e. The first-order chi connectivity index (χ1) is 17.5. The highest BCUT2D eigenvalue weighted by Gasteiger charge is 2.22. The highest BCUT2D eigenvalue weighted by Crippen LogP contribution is 2.38. The Balaban J connectivity index is 1.55. The Bertz CT molecular complexity index is 1280. The van der Waals surface area contributed by atoms with Crippen molar-refractivity contribution in [1.29, 1.82) is 0 Å². The maximum atomic E-state index is 12.7. The molecule has 7 heteroatoms. The number of carbonyl (C=O) groups is 1. The van der Waals surface area contributed by atoms with Crippen molar-refractivity contribution in [1.82, 2.24) is 14.9 Å². The Labute approximate surface area is 216 Å². The number of thioether (sulfide) groups is 1. The predicted molar refractivity (Wildman–Crippen MR) is 146 cm³/mol. The minimum absolute atomic E-state index is 0.171. The number of hydrogen-bond acceptors (Lipinski definition) is 5. The molecule has 4 rings (SSSR count). The van der Waals surface area contributed by atoms with Crippen LogP contribution in [0.25, 0.3) is 22.5 Å². The molecule has 0 spiro atoms. The number of nitrogens with zero attached hydrogens (tertiary/aromatic N) is 2. The van der Waals surface area contributed by atoms with Crippen molar-refractivity contribution in [2.24, 2.45) is 0 Å². The van der Waals surface area contributed by atoms with E-state index in [2.05, 4.69) is 60.1 Å². The van der Waals surface area contributed by atoms with Crippen LogP contribution in [-0.2, 0) is 0 Å². The summed E-state index contributed by atoms with van der Waals surface area (Å²) >= 11 is 1.64. The standard InChI is InChI=1S/C29H31N3O3S/c1-20(2)32-27(22-13-9-6-10-14-22)26(21-11-7-5-8-12-21)31-29(32)36-16-15-30-28(33)23-17-24(34-3)19-25(18-23)35-4/h5-14,17-20H,15-16H2,1-4H3,(H,30,33). The van der Waals surface area contributed by atoms with Crippen molar-refractivity contribution in [3.8, 4) is 34.0 Å². The van der Waals surface area contributed by atoms with Gasteiger partial charge in [0.25, 0.3) is 5.91 Å². The molecule has 0 aliphatic carbocycles. The van der Waals surface area contributed by atoms with Crippen LogP contribution in [0, 0.1) is 0 Å². The van der Waals surface area contributed by atoms with E-state index in [9.17, 15) is 4.79 Å². The van der Waals surface area contributed by atoms with Gasteiger partial charge in [0.05, 0.1) is 25.6 Å². The molecular formula is C29H31N3O3S. The zero-order valence-corrected chi connectivity index (χ0v) is 21.8. The Morgan fingerprint density at radius 2 is 1.50 bits per heavy atom. The molecule has 1 heterocycles. The van der Waals surface area contributed by atoms with Gasteiger partial charge in [-0.05, 0) is 26.0 Å². The van der Waals surface area contributed by atoms with Gasteiger partial charge >= 0.3 is 0 Å². The van der Waals surface area contributed by atoms with Crippen LogP contribution in [0.15, 0.2) is 84.0 Å². The average Bonchev–Trinajstić information content (AvgIpc) is 3.31. The fourth-order valence-corrected chi connectivity index (χ4v) is 4.99. The van der Waals surface area contributed by atoms with Gasteiger partial charge in [-0.15, -0.1) is 0 Å². The number of imidazole rings is 1. The molecule has 1 N–H and O–H groups in total. The van der Waals surface area contributed by atoms with Crippen LogP contribution < -0.4 is 14.8 Å². The van der Waals surface area contributed by atoms with E-state index in [1.165, 1.54) is 0 Å². The fourth-order valence-electron chi connectivity index (χ4n) is 4.01. The first-order valence-corrected chi connectivity index (χ1v) is 12.9. The van der Waals surface area contributed by atoms with Gasteiger partial charge in [0.15, 0.2) is 5.16 Å². The molecule has 186 valence electrons. The van der Waals surface area contributed by atoms with Crippen LogP contribution in [-0.4, -0.2) is 42.0 Å². The fraction of sp³-hybridized carbons (Fsp3) is 0.241. The topological polar surface area (TPSA) is 65.4 Å². The summed E-state index contributed by atoms with van der Waals surface area (Å²) in [6.07, 6.45) is 0. The number of ether oxygens (including phenoxy) is 2. The number of benzene rings is 3. The molecule has 4 aromatic rings. The summed E-state index contributed by atoms with van der Waals surface area (Å²) in [5.41, 5.74) is 4.78. The highest BCUT2D eigenvalue weighted by molar-refractivity contribution is 7.99. The first-order valence-electron chi connectivity index (χ1n) is 11.9. The molecule has 0 atom stereocenters. The maximum absolute atomic E-state index is 12.7. The molecule has 0 fully saturated rings. The predicted octanol–water partition coefficient (Wildman–Crippen LogP) is 6.34. The number of nitrogens with one attached hydrogen (secondary N) is 1. The molecular weight excluding hydrogens is 470 g/mol. The molecule has 1 aromatic heterocycles. The molecule has 0 bridgehead atoms. The second kappa shape index (κ2) is 11.8. The third kappa shape index (κ3) is 5.74. The summed E-state index contributed by atoms with van der Waals surface area (Å²) in [6.45, 7) is 4.84. The lowest BCUT2D eigenvalue weighted by Gasteiger charge is -2.16. The molecule has 0 radical (unpaired) electrons. The van der Waals surface area contributed by atoms with E-state index < -0.39 is 0 Å². The lowest BCUT2D eigenvalue weighted by molar-refractivity contribution is 0.0955. The van der Waals surface area contributed by atoms with E-state index in [-0.39, 0.29) is 11.9 Å². The molecule has 6 nitrogen and oxygen atoms in total. The first kappa shape index (κ1) is 25.4. The smallest absolute Gasteiger partial charge is 0.251 e. The van der Waals surface area contributed by atoms with Crippen LogP contribution in [0.1, 0.15) is 30.2 Å². The van der Waals surface area contributed by atoms with Crippen molar-refractivity contribution >= 4 is 17.7 Å². The van der Waals surface area contributed by atoms with Gasteiger partial charge in [-0.2, -0.15) is 0 Å². The van der Waals surface area contributed by atoms with E-state index in [1.807, 2.05) is 24.3 Å². The molecule has 3 aromatic carbocycles. The number of aromatic nitrogens is 2. The summed E-state index contributed by atoms with van der Waals surface area (Å²) < 4.78 is 12.8. The zero-order valence-electron chi connectivity index (χ0n) is 21.0. The van der Waals surface area contributed by atoms with E-state index in [4.69, 9.17) is 14.5 Å². The number of rotatable bonds is 10. The van der Waals surface area contributed by atoms with Gasteiger partial charge in [0.2, 0.25) is 0 Å². The van der Waals surface area contributed by atoms with Crippen LogP contribution in [0.5, 0.6) is 11.5 Å². The quantitative estimate of drug-likeness (QED) is 0.203. The number of carbonyl (C=O) groups excluding carboxylic acids is 1. The van der Waals surface area contributed by atoms with E-state index in [1.54, 1.807) is 44.2 Å². The van der Waals surface area contributed by atoms with Crippen LogP contribution in [0.2, 0.25) is 0 Å². The lowest BCUT2D eigenvalue weighted by Crippen LogP contribution is -2.25. The summed E-state index contributed by atoms with van der Waals surface area (Å²) in [6, 6.07) is 26.0. The van der Waals surface area contributed by atoms with Gasteiger partial charge < -0.3 is 19.4 Å². The van der Waals surface area contributed by atoms with E-state index >= 15 is 0 Å². The van der Waals surface area contributed by atoms with Gasteiger partial charge in [0.1, 0.15) is 11.5 Å². The molecule has 0 saturated carbocycles. The summed E-state index contributed by atoms with van der Waals surface area (Å²) in [7, 11) is 3.13. The molecule has 36 heavy (non-hydrogen) atoms. The minimum atomic E-state index is -0.171. The lowest BCUT2D eigenvalue weighted by atomic mass is 10.0. The Morgan fingerprint density at radius 3 is 2.06 bits per heavy atom. The molecule has 0 saturated heterocycles. The zero-order chi connectivity index (χ0) is 25.5. The van der Waals surface area contributed by atoms with E-state index in [0.717, 1.165) is 27.7 Å². The monoisotopic (exact) mass is 501 g/mol. The van der Waals surface area contributed by atoms with Crippen LogP contribution in [0.3, 0.4) is 0 Å². The molecule has 1 amide bonds. The molecule has 0 aliphatic heterocycles. The van der Waals surface area contributed by atoms with Crippen LogP contribution in [0.4, 0.5) is 0 Å². The second-order valence-corrected chi connectivity index (χ2v) is 9.56. The summed E-state index contributed by atoms with van der Waals surface area (Å²) in [4.78, 5) is 17.8. The van der Waals surface area contributed by atoms with Gasteiger partial charge in [-0.25, -0.2) is 4.98 Å². The average molecular weight is 502 g/mol. The Morgan fingerprint density at radius 1 is 0.917 bits per heavy atom. The summed E-state index contributed by atoms with van der Waals surface area (Å²) in [5, 5.41) is 3.93. The third-order valence-corrected chi connectivity index (χ3v) is 6.68. The Kier molecular flexibility index (Phi) is 8.33. The van der Waals surface area contributed by atoms with Crippen LogP contribution >= 0.6 is 11.8 Å². The maximum Gasteiger partial charge on any atom is 0.251 e. The minimum Gasteiger partial charge on any atom is -0.497 e. The number of amides is 1. The van der Waals surface area contributed by atoms with Crippen molar-refractivity contribution in [2.75, 3.05) is 26.5 Å². The van der Waals surface area contributed by atoms with Crippen molar-refractivity contribution in [2.45, 2.75) is 25.0 Å². The highest BCUT2D eigenvalue weighted by atomic mass is 32.2. The SMILES string of the molecule is COc1cc(OC)cc(C(=O)NCCSc2nc(-c3ccccc3)c(-c3ccccc3)n2C(C)C)c1. The van der Waals surface area contributed by atoms with Gasteiger partial charge in [-0.1, -0.05) is 72.4 Å². The van der Waals surface area contributed by atoms with Crippen molar-refractivity contribution in [3.63, 3.8) is 0 Å². The number of hydrogen-bond donors (Lipinski definition) is 1. The second-order valence-electron chi connectivity index (χ2n) is 8.49. The van der Waals surface area contributed by atoms with Gasteiger partial charge in [-0.3, -0.25) is 4.79 Å². The normalized spacial score (nSPS) is 10.9. The summed E-state index contributed by atoms with van der Waals surface area (Å²) in [5.74, 6) is 1.67. The van der Waals surface area contributed by atoms with Crippen molar-refractivity contribution < 1.29 is 14.3 Å². The third-order valence-electron chi connectivity index (χ3n) is 5.72. The van der Waals surface area contributed by atoms with Crippen molar-refractivity contribution in [3.05, 3.63) is 84.4 Å². The Hall–Kier alpha value is -3.71. The van der Waals surface area contributed by atoms with Gasteiger partial charge in [0, 0.05) is 41.1 Å². The van der Waals surface area contributed by atoms with E-state index in [0.29, 0.717) is 29.4 Å².